The Morgan fingerprint density at radius 3 is 2.57 bits per heavy atom. The van der Waals surface area contributed by atoms with Gasteiger partial charge in [0.15, 0.2) is 5.82 Å². The van der Waals surface area contributed by atoms with Crippen LogP contribution in [0.15, 0.2) is 0 Å². The van der Waals surface area contributed by atoms with Crippen LogP contribution >= 0.6 is 0 Å². The highest BCUT2D eigenvalue weighted by Gasteiger charge is 2.26. The Labute approximate surface area is 126 Å². The van der Waals surface area contributed by atoms with E-state index in [2.05, 4.69) is 22.4 Å². The molecule has 1 heterocycles. The lowest BCUT2D eigenvalue weighted by Gasteiger charge is -2.23. The lowest BCUT2D eigenvalue weighted by Crippen LogP contribution is -2.26. The Balaban J connectivity index is 2.63. The van der Waals surface area contributed by atoms with E-state index in [1.807, 2.05) is 20.8 Å². The summed E-state index contributed by atoms with van der Waals surface area (Å²) in [5.74, 6) is -0.438. The predicted octanol–water partition coefficient (Wildman–Crippen LogP) is 2.93. The molecule has 1 atom stereocenters. The van der Waals surface area contributed by atoms with E-state index in [1.54, 1.807) is 4.68 Å². The molecule has 1 N–H and O–H groups in total. The van der Waals surface area contributed by atoms with Crippen LogP contribution in [0.25, 0.3) is 0 Å². The number of hydrogen-bond donors (Lipinski definition) is 1. The quantitative estimate of drug-likeness (QED) is 0.709. The molecular formula is C15H28N4O2. The average molecular weight is 296 g/mol. The second kappa shape index (κ2) is 8.10. The normalized spacial score (nSPS) is 13.3. The topological polar surface area (TPSA) is 80.9 Å². The number of aliphatic carboxylic acids is 1. The van der Waals surface area contributed by atoms with Crippen LogP contribution in [0.5, 0.6) is 0 Å². The third-order valence-corrected chi connectivity index (χ3v) is 3.46. The standard InChI is InChI=1S/C15H28N4O2/c1-5-6-7-8-9-13-16-17-18-19(13)11-12(14(20)21)10-15(2,3)4/h12H,5-11H2,1-4H3,(H,20,21). The molecule has 0 amide bonds. The molecule has 1 aromatic rings. The maximum atomic E-state index is 11.4. The van der Waals surface area contributed by atoms with Gasteiger partial charge in [-0.1, -0.05) is 47.0 Å². The maximum Gasteiger partial charge on any atom is 0.308 e. The van der Waals surface area contributed by atoms with Crippen molar-refractivity contribution < 1.29 is 9.90 Å². The van der Waals surface area contributed by atoms with Crippen molar-refractivity contribution in [2.45, 2.75) is 72.8 Å². The summed E-state index contributed by atoms with van der Waals surface area (Å²) < 4.78 is 1.66. The summed E-state index contributed by atoms with van der Waals surface area (Å²) in [6.07, 6.45) is 6.03. The first kappa shape index (κ1) is 17.6. The number of tetrazole rings is 1. The van der Waals surface area contributed by atoms with E-state index in [9.17, 15) is 9.90 Å². The van der Waals surface area contributed by atoms with Gasteiger partial charge in [-0.25, -0.2) is 4.68 Å². The number of aromatic nitrogens is 4. The van der Waals surface area contributed by atoms with E-state index >= 15 is 0 Å². The molecule has 21 heavy (non-hydrogen) atoms. The molecule has 0 bridgehead atoms. The highest BCUT2D eigenvalue weighted by molar-refractivity contribution is 5.69. The highest BCUT2D eigenvalue weighted by atomic mass is 16.4. The van der Waals surface area contributed by atoms with Crippen molar-refractivity contribution >= 4 is 5.97 Å². The van der Waals surface area contributed by atoms with Gasteiger partial charge in [0.1, 0.15) is 0 Å². The van der Waals surface area contributed by atoms with Crippen LogP contribution in [0, 0.1) is 11.3 Å². The molecule has 0 aromatic carbocycles. The molecule has 0 aliphatic heterocycles. The van der Waals surface area contributed by atoms with Crippen molar-refractivity contribution in [2.75, 3.05) is 0 Å². The number of carbonyl (C=O) groups is 1. The van der Waals surface area contributed by atoms with Gasteiger partial charge in [0.25, 0.3) is 0 Å². The molecule has 6 nitrogen and oxygen atoms in total. The number of carboxylic acids is 1. The summed E-state index contributed by atoms with van der Waals surface area (Å²) in [5, 5.41) is 21.1. The number of unbranched alkanes of at least 4 members (excludes halogenated alkanes) is 3. The summed E-state index contributed by atoms with van der Waals surface area (Å²) in [4.78, 5) is 11.4. The van der Waals surface area contributed by atoms with Crippen molar-refractivity contribution in [1.29, 1.82) is 0 Å². The van der Waals surface area contributed by atoms with Gasteiger partial charge in [-0.3, -0.25) is 4.79 Å². The van der Waals surface area contributed by atoms with E-state index in [-0.39, 0.29) is 5.41 Å². The fourth-order valence-electron chi connectivity index (χ4n) is 2.43. The molecule has 120 valence electrons. The zero-order valence-corrected chi connectivity index (χ0v) is 13.7. The summed E-state index contributed by atoms with van der Waals surface area (Å²) in [6.45, 7) is 8.67. The van der Waals surface area contributed by atoms with Gasteiger partial charge in [-0.05, 0) is 28.7 Å². The van der Waals surface area contributed by atoms with Gasteiger partial charge in [0.05, 0.1) is 12.5 Å². The third-order valence-electron chi connectivity index (χ3n) is 3.46. The van der Waals surface area contributed by atoms with E-state index in [4.69, 9.17) is 0 Å². The lowest BCUT2D eigenvalue weighted by atomic mass is 9.84. The molecular weight excluding hydrogens is 268 g/mol. The minimum atomic E-state index is -0.780. The zero-order chi connectivity index (χ0) is 15.9. The molecule has 1 rings (SSSR count). The Bertz CT molecular complexity index is 437. The Kier molecular flexibility index (Phi) is 6.78. The Morgan fingerprint density at radius 1 is 1.29 bits per heavy atom. The van der Waals surface area contributed by atoms with Crippen molar-refractivity contribution in [3.8, 4) is 0 Å². The molecule has 0 radical (unpaired) electrons. The number of aryl methyl sites for hydroxylation is 1. The van der Waals surface area contributed by atoms with Crippen molar-refractivity contribution in [3.05, 3.63) is 5.82 Å². The van der Waals surface area contributed by atoms with Gasteiger partial charge in [-0.15, -0.1) is 5.10 Å². The molecule has 0 fully saturated rings. The van der Waals surface area contributed by atoms with E-state index in [0.717, 1.165) is 25.1 Å². The van der Waals surface area contributed by atoms with E-state index in [0.29, 0.717) is 13.0 Å². The number of rotatable bonds is 9. The van der Waals surface area contributed by atoms with Crippen LogP contribution in [0.1, 0.15) is 65.6 Å². The summed E-state index contributed by atoms with van der Waals surface area (Å²) >= 11 is 0. The zero-order valence-electron chi connectivity index (χ0n) is 13.7. The molecule has 0 aliphatic carbocycles. The number of nitrogens with zero attached hydrogens (tertiary/aromatic N) is 4. The maximum absolute atomic E-state index is 11.4. The van der Waals surface area contributed by atoms with Gasteiger partial charge in [0, 0.05) is 6.42 Å². The van der Waals surface area contributed by atoms with Gasteiger partial charge < -0.3 is 5.11 Å². The summed E-state index contributed by atoms with van der Waals surface area (Å²) in [5.41, 5.74) is -0.0294. The van der Waals surface area contributed by atoms with Crippen LogP contribution in [-0.2, 0) is 17.8 Å². The second-order valence-electron chi connectivity index (χ2n) is 6.89. The predicted molar refractivity (Wildman–Crippen MR) is 80.9 cm³/mol. The lowest BCUT2D eigenvalue weighted by molar-refractivity contribution is -0.143. The first-order valence-electron chi connectivity index (χ1n) is 7.81. The second-order valence-corrected chi connectivity index (χ2v) is 6.89. The van der Waals surface area contributed by atoms with Gasteiger partial charge in [-0.2, -0.15) is 0 Å². The van der Waals surface area contributed by atoms with Crippen LogP contribution in [-0.4, -0.2) is 31.3 Å². The van der Waals surface area contributed by atoms with Crippen LogP contribution in [0.3, 0.4) is 0 Å². The number of hydrogen-bond acceptors (Lipinski definition) is 4. The fraction of sp³-hybridized carbons (Fsp3) is 0.867. The van der Waals surface area contributed by atoms with E-state index < -0.39 is 11.9 Å². The largest absolute Gasteiger partial charge is 0.481 e. The minimum Gasteiger partial charge on any atom is -0.481 e. The van der Waals surface area contributed by atoms with E-state index in [1.165, 1.54) is 12.8 Å². The first-order chi connectivity index (χ1) is 9.83. The molecule has 1 aromatic heterocycles. The molecule has 0 saturated heterocycles. The highest BCUT2D eigenvalue weighted by Crippen LogP contribution is 2.25. The molecule has 0 spiro atoms. The molecule has 0 aliphatic rings. The molecule has 6 heteroatoms. The Hall–Kier alpha value is -1.46. The molecule has 0 saturated carbocycles. The van der Waals surface area contributed by atoms with Crippen molar-refractivity contribution in [2.24, 2.45) is 11.3 Å². The van der Waals surface area contributed by atoms with Crippen molar-refractivity contribution in [3.63, 3.8) is 0 Å². The van der Waals surface area contributed by atoms with Crippen LogP contribution in [0.2, 0.25) is 0 Å². The number of carboxylic acid groups (broad SMARTS) is 1. The minimum absolute atomic E-state index is 0.0294. The Morgan fingerprint density at radius 2 is 2.00 bits per heavy atom. The van der Waals surface area contributed by atoms with Crippen LogP contribution < -0.4 is 0 Å². The SMILES string of the molecule is CCCCCCc1nnnn1CC(CC(C)(C)C)C(=O)O. The first-order valence-corrected chi connectivity index (χ1v) is 7.81. The third kappa shape index (κ3) is 6.69. The van der Waals surface area contributed by atoms with Gasteiger partial charge in [0.2, 0.25) is 0 Å². The van der Waals surface area contributed by atoms with Gasteiger partial charge >= 0.3 is 5.97 Å². The monoisotopic (exact) mass is 296 g/mol. The van der Waals surface area contributed by atoms with Crippen LogP contribution in [0.4, 0.5) is 0 Å². The summed E-state index contributed by atoms with van der Waals surface area (Å²) in [6, 6.07) is 0. The fourth-order valence-corrected chi connectivity index (χ4v) is 2.43. The smallest absolute Gasteiger partial charge is 0.308 e. The molecule has 1 unspecified atom stereocenters. The van der Waals surface area contributed by atoms with Crippen molar-refractivity contribution in [1.82, 2.24) is 20.2 Å². The summed E-state index contributed by atoms with van der Waals surface area (Å²) in [7, 11) is 0. The average Bonchev–Trinajstić information content (AvgIpc) is 2.79.